The SMILES string of the molecule is C#CCNC(=O)CN1CCN(CC(=O)OC)CCN(CC(=O)OC)CCN(CC(=O)OC)CC1. The predicted molar refractivity (Wildman–Crippen MR) is 124 cm³/mol. The first-order valence-corrected chi connectivity index (χ1v) is 11.1. The lowest BCUT2D eigenvalue weighted by molar-refractivity contribution is -0.144. The van der Waals surface area contributed by atoms with Crippen molar-refractivity contribution in [2.45, 2.75) is 0 Å². The highest BCUT2D eigenvalue weighted by Crippen LogP contribution is 2.02. The van der Waals surface area contributed by atoms with Crippen LogP contribution in [-0.2, 0) is 33.4 Å². The van der Waals surface area contributed by atoms with Crippen LogP contribution in [0.2, 0.25) is 0 Å². The lowest BCUT2D eigenvalue weighted by Gasteiger charge is -2.33. The summed E-state index contributed by atoms with van der Waals surface area (Å²) in [6.45, 7) is 4.56. The molecule has 1 saturated heterocycles. The molecule has 1 N–H and O–H groups in total. The van der Waals surface area contributed by atoms with E-state index < -0.39 is 0 Å². The summed E-state index contributed by atoms with van der Waals surface area (Å²) in [6, 6.07) is 0. The maximum Gasteiger partial charge on any atom is 0.319 e. The van der Waals surface area contributed by atoms with Crippen molar-refractivity contribution < 1.29 is 33.4 Å². The van der Waals surface area contributed by atoms with Gasteiger partial charge in [-0.15, -0.1) is 6.42 Å². The van der Waals surface area contributed by atoms with E-state index >= 15 is 0 Å². The summed E-state index contributed by atoms with van der Waals surface area (Å²) in [6.07, 6.45) is 5.22. The number of nitrogens with one attached hydrogen (secondary N) is 1. The van der Waals surface area contributed by atoms with Gasteiger partial charge in [-0.05, 0) is 0 Å². The number of hydrogen-bond donors (Lipinski definition) is 1. The van der Waals surface area contributed by atoms with Crippen molar-refractivity contribution in [2.24, 2.45) is 0 Å². The third-order valence-corrected chi connectivity index (χ3v) is 5.43. The maximum atomic E-state index is 12.3. The normalized spacial score (nSPS) is 17.5. The number of ether oxygens (including phenoxy) is 3. The zero-order valence-electron chi connectivity index (χ0n) is 20.4. The summed E-state index contributed by atoms with van der Waals surface area (Å²) in [4.78, 5) is 55.7. The fourth-order valence-corrected chi connectivity index (χ4v) is 3.36. The number of methoxy groups -OCH3 is 3. The lowest BCUT2D eigenvalue weighted by atomic mass is 10.3. The number of amides is 1. The van der Waals surface area contributed by atoms with E-state index in [1.165, 1.54) is 21.3 Å². The standard InChI is InChI=1S/C22H37N5O7/c1-5-6-23-19(28)15-24-7-9-25(16-20(29)32-2)11-13-27(18-22(31)34-4)14-12-26(10-8-24)17-21(30)33-3/h1H,6-18H2,2-4H3,(H,23,28). The highest BCUT2D eigenvalue weighted by atomic mass is 16.5. The Labute approximate surface area is 201 Å². The lowest BCUT2D eigenvalue weighted by Crippen LogP contribution is -2.50. The second kappa shape index (κ2) is 16.8. The van der Waals surface area contributed by atoms with Crippen molar-refractivity contribution in [2.75, 3.05) is 106 Å². The van der Waals surface area contributed by atoms with E-state index in [2.05, 4.69) is 11.2 Å². The Morgan fingerprint density at radius 3 is 1.21 bits per heavy atom. The molecule has 0 aliphatic carbocycles. The third kappa shape index (κ3) is 12.5. The summed E-state index contributed by atoms with van der Waals surface area (Å²) >= 11 is 0. The van der Waals surface area contributed by atoms with E-state index in [-0.39, 0.29) is 56.5 Å². The molecular formula is C22H37N5O7. The molecular weight excluding hydrogens is 446 g/mol. The van der Waals surface area contributed by atoms with Crippen molar-refractivity contribution >= 4 is 23.8 Å². The van der Waals surface area contributed by atoms with Gasteiger partial charge in [0, 0.05) is 52.4 Å². The van der Waals surface area contributed by atoms with Gasteiger partial charge in [0.1, 0.15) is 0 Å². The Morgan fingerprint density at radius 2 is 0.941 bits per heavy atom. The van der Waals surface area contributed by atoms with Crippen LogP contribution in [0.3, 0.4) is 0 Å². The topological polar surface area (TPSA) is 121 Å². The number of rotatable bonds is 9. The van der Waals surface area contributed by atoms with Gasteiger partial charge in [-0.25, -0.2) is 0 Å². The first-order valence-electron chi connectivity index (χ1n) is 11.1. The Kier molecular flexibility index (Phi) is 14.5. The number of esters is 3. The van der Waals surface area contributed by atoms with Crippen LogP contribution in [0.5, 0.6) is 0 Å². The molecule has 0 unspecified atom stereocenters. The Balaban J connectivity index is 3.00. The smallest absolute Gasteiger partial charge is 0.319 e. The molecule has 1 amide bonds. The fraction of sp³-hybridized carbons (Fsp3) is 0.727. The molecule has 192 valence electrons. The van der Waals surface area contributed by atoms with Crippen molar-refractivity contribution in [1.29, 1.82) is 0 Å². The Hall–Kier alpha value is -2.72. The van der Waals surface area contributed by atoms with Crippen LogP contribution in [0.4, 0.5) is 0 Å². The summed E-state index contributed by atoms with van der Waals surface area (Å²) in [7, 11) is 4.00. The van der Waals surface area contributed by atoms with Crippen LogP contribution in [0.15, 0.2) is 0 Å². The van der Waals surface area contributed by atoms with Crippen LogP contribution in [0.25, 0.3) is 0 Å². The molecule has 12 nitrogen and oxygen atoms in total. The van der Waals surface area contributed by atoms with E-state index in [1.807, 2.05) is 19.6 Å². The van der Waals surface area contributed by atoms with Gasteiger partial charge < -0.3 is 19.5 Å². The van der Waals surface area contributed by atoms with Crippen molar-refractivity contribution in [3.05, 3.63) is 0 Å². The highest BCUT2D eigenvalue weighted by Gasteiger charge is 2.21. The van der Waals surface area contributed by atoms with Crippen LogP contribution >= 0.6 is 0 Å². The first kappa shape index (κ1) is 29.3. The second-order valence-electron chi connectivity index (χ2n) is 7.81. The zero-order valence-corrected chi connectivity index (χ0v) is 20.4. The molecule has 1 aliphatic heterocycles. The van der Waals surface area contributed by atoms with Gasteiger partial charge in [-0.2, -0.15) is 0 Å². The molecule has 0 aromatic heterocycles. The van der Waals surface area contributed by atoms with Crippen molar-refractivity contribution in [3.8, 4) is 12.3 Å². The Morgan fingerprint density at radius 1 is 0.647 bits per heavy atom. The van der Waals surface area contributed by atoms with Gasteiger partial charge in [0.25, 0.3) is 0 Å². The van der Waals surface area contributed by atoms with Crippen LogP contribution in [-0.4, -0.2) is 150 Å². The largest absolute Gasteiger partial charge is 0.468 e. The minimum absolute atomic E-state index is 0.0914. The van der Waals surface area contributed by atoms with Crippen molar-refractivity contribution in [1.82, 2.24) is 24.9 Å². The van der Waals surface area contributed by atoms with Gasteiger partial charge in [-0.1, -0.05) is 5.92 Å². The minimum atomic E-state index is -0.367. The van der Waals surface area contributed by atoms with E-state index in [9.17, 15) is 19.2 Å². The number of nitrogens with zero attached hydrogens (tertiary/aromatic N) is 4. The molecule has 0 aromatic carbocycles. The monoisotopic (exact) mass is 483 g/mol. The number of terminal acetylenes is 1. The average Bonchev–Trinajstić information content (AvgIpc) is 2.83. The van der Waals surface area contributed by atoms with Gasteiger partial charge >= 0.3 is 17.9 Å². The maximum absolute atomic E-state index is 12.3. The highest BCUT2D eigenvalue weighted by molar-refractivity contribution is 5.78. The summed E-state index contributed by atoms with van der Waals surface area (Å²) in [5.41, 5.74) is 0. The Bertz CT molecular complexity index is 678. The molecule has 1 aliphatic rings. The fourth-order valence-electron chi connectivity index (χ4n) is 3.36. The number of hydrogen-bond acceptors (Lipinski definition) is 11. The second-order valence-corrected chi connectivity index (χ2v) is 7.81. The van der Waals surface area contributed by atoms with Gasteiger partial charge in [0.15, 0.2) is 0 Å². The molecule has 0 radical (unpaired) electrons. The third-order valence-electron chi connectivity index (χ3n) is 5.43. The number of carbonyl (C=O) groups excluding carboxylic acids is 4. The van der Waals surface area contributed by atoms with Gasteiger partial charge in [0.05, 0.1) is 54.1 Å². The quantitative estimate of drug-likeness (QED) is 0.212. The first-order chi connectivity index (χ1) is 16.3. The van der Waals surface area contributed by atoms with Crippen LogP contribution in [0.1, 0.15) is 0 Å². The van der Waals surface area contributed by atoms with E-state index in [0.717, 1.165) is 0 Å². The molecule has 0 saturated carbocycles. The molecule has 34 heavy (non-hydrogen) atoms. The molecule has 1 rings (SSSR count). The predicted octanol–water partition coefficient (Wildman–Crippen LogP) is -2.52. The summed E-state index contributed by atoms with van der Waals surface area (Å²) in [5.74, 6) is 1.08. The van der Waals surface area contributed by atoms with E-state index in [1.54, 1.807) is 0 Å². The van der Waals surface area contributed by atoms with E-state index in [4.69, 9.17) is 20.6 Å². The molecule has 1 fully saturated rings. The molecule has 0 aromatic rings. The zero-order chi connectivity index (χ0) is 25.3. The molecule has 0 atom stereocenters. The van der Waals surface area contributed by atoms with Gasteiger partial charge in [-0.3, -0.25) is 38.8 Å². The van der Waals surface area contributed by atoms with Crippen LogP contribution < -0.4 is 5.32 Å². The average molecular weight is 484 g/mol. The van der Waals surface area contributed by atoms with Crippen molar-refractivity contribution in [3.63, 3.8) is 0 Å². The molecule has 1 heterocycles. The van der Waals surface area contributed by atoms with Crippen LogP contribution in [0, 0.1) is 12.3 Å². The molecule has 0 bridgehead atoms. The molecule has 0 spiro atoms. The summed E-state index contributed by atoms with van der Waals surface area (Å²) in [5, 5.41) is 2.66. The van der Waals surface area contributed by atoms with Gasteiger partial charge in [0.2, 0.25) is 5.91 Å². The van der Waals surface area contributed by atoms with E-state index in [0.29, 0.717) is 52.4 Å². The number of carbonyl (C=O) groups is 4. The molecule has 12 heteroatoms. The minimum Gasteiger partial charge on any atom is -0.468 e. The summed E-state index contributed by atoms with van der Waals surface area (Å²) < 4.78 is 14.4.